The number of halogens is 1. The maximum atomic E-state index is 12.7. The molecule has 1 aromatic carbocycles. The zero-order valence-corrected chi connectivity index (χ0v) is 15.6. The van der Waals surface area contributed by atoms with Crippen LogP contribution in [0.1, 0.15) is 51.5 Å². The zero-order chi connectivity index (χ0) is 16.4. The van der Waals surface area contributed by atoms with Gasteiger partial charge in [0, 0.05) is 24.0 Å². The number of fused-ring (bicyclic) bond motifs is 1. The van der Waals surface area contributed by atoms with Gasteiger partial charge in [0.05, 0.1) is 0 Å². The third-order valence-corrected chi connectivity index (χ3v) is 5.53. The third-order valence-electron chi connectivity index (χ3n) is 5.53. The molecule has 0 aromatic heterocycles. The van der Waals surface area contributed by atoms with Gasteiger partial charge in [-0.1, -0.05) is 13.0 Å². The first kappa shape index (κ1) is 18.9. The van der Waals surface area contributed by atoms with Crippen LogP contribution in [-0.4, -0.2) is 24.5 Å². The Hall–Kier alpha value is -1.42. The number of rotatable bonds is 3. The van der Waals surface area contributed by atoms with Gasteiger partial charge in [-0.3, -0.25) is 4.79 Å². The molecule has 0 saturated heterocycles. The normalized spacial score (nSPS) is 24.5. The molecule has 0 bridgehead atoms. The Morgan fingerprint density at radius 1 is 1.29 bits per heavy atom. The van der Waals surface area contributed by atoms with Gasteiger partial charge < -0.3 is 16.0 Å². The van der Waals surface area contributed by atoms with Crippen molar-refractivity contribution < 1.29 is 4.79 Å². The van der Waals surface area contributed by atoms with Crippen molar-refractivity contribution in [1.82, 2.24) is 5.32 Å². The van der Waals surface area contributed by atoms with Crippen molar-refractivity contribution in [2.24, 2.45) is 5.92 Å². The molecule has 1 aromatic rings. The van der Waals surface area contributed by atoms with Crippen molar-refractivity contribution in [3.63, 3.8) is 0 Å². The molecule has 1 heterocycles. The summed E-state index contributed by atoms with van der Waals surface area (Å²) in [5.74, 6) is 0.956. The average Bonchev–Trinajstić information content (AvgIpc) is 2.56. The second kappa shape index (κ2) is 8.11. The van der Waals surface area contributed by atoms with Crippen molar-refractivity contribution in [1.29, 1.82) is 0 Å². The van der Waals surface area contributed by atoms with Gasteiger partial charge in [-0.15, -0.1) is 12.4 Å². The highest BCUT2D eigenvalue weighted by Crippen LogP contribution is 2.32. The van der Waals surface area contributed by atoms with Gasteiger partial charge in [-0.25, -0.2) is 0 Å². The van der Waals surface area contributed by atoms with Crippen LogP contribution >= 0.6 is 12.4 Å². The Bertz CT molecular complexity index is 570. The van der Waals surface area contributed by atoms with E-state index in [2.05, 4.69) is 23.2 Å². The molecule has 134 valence electrons. The predicted octanol–water partition coefficient (Wildman–Crippen LogP) is 3.53. The number of anilines is 2. The van der Waals surface area contributed by atoms with E-state index < -0.39 is 0 Å². The maximum Gasteiger partial charge on any atom is 0.242 e. The first-order chi connectivity index (χ1) is 11.1. The predicted molar refractivity (Wildman–Crippen MR) is 103 cm³/mol. The van der Waals surface area contributed by atoms with Crippen LogP contribution in [-0.2, 0) is 11.2 Å². The molecule has 1 amide bonds. The number of benzene rings is 1. The molecule has 0 spiro atoms. The molecule has 0 radical (unpaired) electrons. The van der Waals surface area contributed by atoms with Gasteiger partial charge in [0.25, 0.3) is 0 Å². The van der Waals surface area contributed by atoms with E-state index in [1.54, 1.807) is 0 Å². The lowest BCUT2D eigenvalue weighted by Gasteiger charge is -2.37. The fraction of sp³-hybridized carbons (Fsp3) is 0.632. The highest BCUT2D eigenvalue weighted by Gasteiger charge is 2.28. The SMILES string of the molecule is CC1CCC(NC(=O)C(C)N2CCCc3c(N)cccc32)CC1.Cl. The first-order valence-electron chi connectivity index (χ1n) is 9.00. The van der Waals surface area contributed by atoms with Crippen molar-refractivity contribution in [2.75, 3.05) is 17.2 Å². The van der Waals surface area contributed by atoms with Crippen LogP contribution in [0.2, 0.25) is 0 Å². The molecule has 1 fully saturated rings. The minimum Gasteiger partial charge on any atom is -0.398 e. The molecule has 1 aliphatic carbocycles. The number of nitrogens with zero attached hydrogens (tertiary/aromatic N) is 1. The number of carbonyl (C=O) groups excluding carboxylic acids is 1. The van der Waals surface area contributed by atoms with E-state index in [-0.39, 0.29) is 24.4 Å². The molecule has 4 nitrogen and oxygen atoms in total. The molecule has 3 rings (SSSR count). The summed E-state index contributed by atoms with van der Waals surface area (Å²) in [7, 11) is 0. The highest BCUT2D eigenvalue weighted by molar-refractivity contribution is 5.86. The van der Waals surface area contributed by atoms with E-state index in [4.69, 9.17) is 5.73 Å². The Kier molecular flexibility index (Phi) is 6.39. The number of amides is 1. The maximum absolute atomic E-state index is 12.7. The van der Waals surface area contributed by atoms with Gasteiger partial charge in [0.2, 0.25) is 5.91 Å². The van der Waals surface area contributed by atoms with Crippen molar-refractivity contribution in [3.05, 3.63) is 23.8 Å². The van der Waals surface area contributed by atoms with Gasteiger partial charge in [0.1, 0.15) is 6.04 Å². The molecule has 3 N–H and O–H groups in total. The van der Waals surface area contributed by atoms with Crippen LogP contribution in [0, 0.1) is 5.92 Å². The van der Waals surface area contributed by atoms with E-state index in [9.17, 15) is 4.79 Å². The Labute approximate surface area is 151 Å². The monoisotopic (exact) mass is 351 g/mol. The number of nitrogens with two attached hydrogens (primary N) is 1. The summed E-state index contributed by atoms with van der Waals surface area (Å²) in [5, 5.41) is 3.27. The molecule has 1 saturated carbocycles. The fourth-order valence-corrected chi connectivity index (χ4v) is 3.95. The van der Waals surface area contributed by atoms with Gasteiger partial charge in [-0.05, 0) is 69.1 Å². The lowest BCUT2D eigenvalue weighted by molar-refractivity contribution is -0.123. The van der Waals surface area contributed by atoms with Crippen LogP contribution in [0.5, 0.6) is 0 Å². The summed E-state index contributed by atoms with van der Waals surface area (Å²) in [6.07, 6.45) is 6.74. The number of nitrogen functional groups attached to an aromatic ring is 1. The average molecular weight is 352 g/mol. The molecule has 1 atom stereocenters. The van der Waals surface area contributed by atoms with Crippen LogP contribution in [0.4, 0.5) is 11.4 Å². The molecular weight excluding hydrogens is 322 g/mol. The summed E-state index contributed by atoms with van der Waals surface area (Å²) in [4.78, 5) is 14.9. The van der Waals surface area contributed by atoms with Crippen molar-refractivity contribution in [2.45, 2.75) is 64.5 Å². The quantitative estimate of drug-likeness (QED) is 0.819. The van der Waals surface area contributed by atoms with E-state index in [1.807, 2.05) is 19.1 Å². The second-order valence-electron chi connectivity index (χ2n) is 7.28. The number of nitrogens with one attached hydrogen (secondary N) is 1. The van der Waals surface area contributed by atoms with Crippen LogP contribution < -0.4 is 16.0 Å². The van der Waals surface area contributed by atoms with E-state index in [0.29, 0.717) is 6.04 Å². The molecule has 24 heavy (non-hydrogen) atoms. The minimum absolute atomic E-state index is 0. The number of hydrogen-bond donors (Lipinski definition) is 2. The molecule has 5 heteroatoms. The highest BCUT2D eigenvalue weighted by atomic mass is 35.5. The summed E-state index contributed by atoms with van der Waals surface area (Å²) in [6.45, 7) is 5.24. The summed E-state index contributed by atoms with van der Waals surface area (Å²) >= 11 is 0. The Morgan fingerprint density at radius 2 is 2.00 bits per heavy atom. The minimum atomic E-state index is -0.143. The van der Waals surface area contributed by atoms with Crippen LogP contribution in [0.3, 0.4) is 0 Å². The topological polar surface area (TPSA) is 58.4 Å². The lowest BCUT2D eigenvalue weighted by Crippen LogP contribution is -2.50. The first-order valence-corrected chi connectivity index (χ1v) is 9.00. The summed E-state index contributed by atoms with van der Waals surface area (Å²) in [5.41, 5.74) is 9.30. The van der Waals surface area contributed by atoms with E-state index in [0.717, 1.165) is 49.5 Å². The molecule has 1 unspecified atom stereocenters. The summed E-state index contributed by atoms with van der Waals surface area (Å²) in [6, 6.07) is 6.24. The molecule has 2 aliphatic rings. The zero-order valence-electron chi connectivity index (χ0n) is 14.8. The van der Waals surface area contributed by atoms with Crippen molar-refractivity contribution >= 4 is 29.7 Å². The van der Waals surface area contributed by atoms with Gasteiger partial charge >= 0.3 is 0 Å². The van der Waals surface area contributed by atoms with E-state index in [1.165, 1.54) is 18.4 Å². The van der Waals surface area contributed by atoms with Crippen molar-refractivity contribution in [3.8, 4) is 0 Å². The molecular formula is C19H30ClN3O. The van der Waals surface area contributed by atoms with Crippen LogP contribution in [0.15, 0.2) is 18.2 Å². The largest absolute Gasteiger partial charge is 0.398 e. The standard InChI is InChI=1S/C19H29N3O.ClH/c1-13-8-10-15(11-9-13)21-19(23)14(2)22-12-4-5-16-17(20)6-3-7-18(16)22;/h3,6-7,13-15H,4-5,8-12,20H2,1-2H3,(H,21,23);1H. The van der Waals surface area contributed by atoms with Gasteiger partial charge in [-0.2, -0.15) is 0 Å². The molecule has 1 aliphatic heterocycles. The lowest BCUT2D eigenvalue weighted by atomic mass is 9.87. The Balaban J connectivity index is 0.00000208. The van der Waals surface area contributed by atoms with Gasteiger partial charge in [0.15, 0.2) is 0 Å². The summed E-state index contributed by atoms with van der Waals surface area (Å²) < 4.78 is 0. The second-order valence-corrected chi connectivity index (χ2v) is 7.28. The Morgan fingerprint density at radius 3 is 2.71 bits per heavy atom. The number of carbonyl (C=O) groups is 1. The van der Waals surface area contributed by atoms with E-state index >= 15 is 0 Å². The third kappa shape index (κ3) is 3.97. The van der Waals surface area contributed by atoms with Crippen LogP contribution in [0.25, 0.3) is 0 Å². The fourth-order valence-electron chi connectivity index (χ4n) is 3.95. The number of hydrogen-bond acceptors (Lipinski definition) is 3. The smallest absolute Gasteiger partial charge is 0.242 e.